The van der Waals surface area contributed by atoms with Crippen LogP contribution in [0.5, 0.6) is 11.5 Å². The van der Waals surface area contributed by atoms with E-state index in [2.05, 4.69) is 4.99 Å². The smallest absolute Gasteiger partial charge is 0.363 e. The molecule has 1 aliphatic heterocycles. The third-order valence-electron chi connectivity index (χ3n) is 5.25. The third kappa shape index (κ3) is 5.09. The summed E-state index contributed by atoms with van der Waals surface area (Å²) in [5.41, 5.74) is 2.67. The summed E-state index contributed by atoms with van der Waals surface area (Å²) in [6, 6.07) is 16.2. The molecule has 9 heteroatoms. The summed E-state index contributed by atoms with van der Waals surface area (Å²) in [5.74, 6) is -0.762. The monoisotopic (exact) mass is 472 g/mol. The minimum Gasteiger partial charge on any atom is -0.493 e. The molecule has 0 aromatic heterocycles. The number of nitro benzene ring substituents is 1. The molecule has 0 aliphatic carbocycles. The standard InChI is InChI=1S/C26H20N2O7/c1-15-4-8-18(9-5-15)25(29)34-22-11-7-17(13-23(22)33-3)12-20-26(30)35-24(27-20)19-10-6-16(2)21(14-19)28(31)32/h4-14H,1-3H3/b20-12-. The van der Waals surface area contributed by atoms with Crippen LogP contribution in [-0.2, 0) is 9.53 Å². The first-order chi connectivity index (χ1) is 16.7. The van der Waals surface area contributed by atoms with E-state index in [1.54, 1.807) is 49.4 Å². The summed E-state index contributed by atoms with van der Waals surface area (Å²) >= 11 is 0. The maximum Gasteiger partial charge on any atom is 0.363 e. The van der Waals surface area contributed by atoms with E-state index in [9.17, 15) is 19.7 Å². The molecule has 0 N–H and O–H groups in total. The zero-order valence-corrected chi connectivity index (χ0v) is 19.1. The minimum atomic E-state index is -0.697. The van der Waals surface area contributed by atoms with Crippen LogP contribution in [-0.4, -0.2) is 29.9 Å². The van der Waals surface area contributed by atoms with Crippen molar-refractivity contribution < 1.29 is 28.7 Å². The first-order valence-electron chi connectivity index (χ1n) is 10.5. The molecular formula is C26H20N2O7. The van der Waals surface area contributed by atoms with Crippen molar-refractivity contribution in [1.29, 1.82) is 0 Å². The zero-order valence-electron chi connectivity index (χ0n) is 19.1. The Morgan fingerprint density at radius 1 is 1.03 bits per heavy atom. The van der Waals surface area contributed by atoms with E-state index < -0.39 is 16.9 Å². The predicted octanol–water partition coefficient (Wildman–Crippen LogP) is 4.78. The number of ether oxygens (including phenoxy) is 3. The molecule has 0 unspecified atom stereocenters. The van der Waals surface area contributed by atoms with E-state index >= 15 is 0 Å². The number of esters is 2. The number of aryl methyl sites for hydroxylation is 2. The van der Waals surface area contributed by atoms with Gasteiger partial charge in [-0.1, -0.05) is 29.8 Å². The Morgan fingerprint density at radius 2 is 1.77 bits per heavy atom. The van der Waals surface area contributed by atoms with Gasteiger partial charge in [-0.05, 0) is 55.8 Å². The highest BCUT2D eigenvalue weighted by Gasteiger charge is 2.26. The maximum absolute atomic E-state index is 12.4. The lowest BCUT2D eigenvalue weighted by Gasteiger charge is -2.10. The van der Waals surface area contributed by atoms with Gasteiger partial charge in [0.25, 0.3) is 5.69 Å². The number of hydrogen-bond donors (Lipinski definition) is 0. The van der Waals surface area contributed by atoms with Gasteiger partial charge in [0.05, 0.1) is 17.6 Å². The fourth-order valence-corrected chi connectivity index (χ4v) is 3.34. The molecule has 3 aromatic carbocycles. The first kappa shape index (κ1) is 23.4. The van der Waals surface area contributed by atoms with Crippen LogP contribution < -0.4 is 9.47 Å². The minimum absolute atomic E-state index is 0.00896. The molecule has 0 fully saturated rings. The number of aliphatic imine (C=N–C) groups is 1. The van der Waals surface area contributed by atoms with Gasteiger partial charge in [-0.3, -0.25) is 10.1 Å². The van der Waals surface area contributed by atoms with E-state index in [0.29, 0.717) is 22.3 Å². The number of hydrogen-bond acceptors (Lipinski definition) is 8. The van der Waals surface area contributed by atoms with Gasteiger partial charge in [-0.15, -0.1) is 0 Å². The number of carbonyl (C=O) groups is 2. The lowest BCUT2D eigenvalue weighted by Crippen LogP contribution is -2.09. The molecule has 1 aliphatic rings. The van der Waals surface area contributed by atoms with Crippen LogP contribution in [0.3, 0.4) is 0 Å². The highest BCUT2D eigenvalue weighted by Crippen LogP contribution is 2.31. The third-order valence-corrected chi connectivity index (χ3v) is 5.25. The molecule has 0 bridgehead atoms. The molecule has 35 heavy (non-hydrogen) atoms. The Labute approximate surface area is 200 Å². The molecule has 0 saturated heterocycles. The number of methoxy groups -OCH3 is 1. The summed E-state index contributed by atoms with van der Waals surface area (Å²) in [7, 11) is 1.43. The molecule has 4 rings (SSSR count). The van der Waals surface area contributed by atoms with E-state index in [1.165, 1.54) is 19.3 Å². The van der Waals surface area contributed by atoms with Gasteiger partial charge in [0, 0.05) is 17.2 Å². The summed E-state index contributed by atoms with van der Waals surface area (Å²) in [6.07, 6.45) is 1.48. The lowest BCUT2D eigenvalue weighted by atomic mass is 10.1. The summed E-state index contributed by atoms with van der Waals surface area (Å²) in [6.45, 7) is 3.54. The zero-order chi connectivity index (χ0) is 25.1. The van der Waals surface area contributed by atoms with Gasteiger partial charge < -0.3 is 14.2 Å². The van der Waals surface area contributed by atoms with Crippen molar-refractivity contribution in [3.05, 3.63) is 104 Å². The van der Waals surface area contributed by atoms with Gasteiger partial charge in [0.1, 0.15) is 0 Å². The van der Waals surface area contributed by atoms with Crippen LogP contribution in [0.2, 0.25) is 0 Å². The molecule has 0 amide bonds. The van der Waals surface area contributed by atoms with Crippen molar-refractivity contribution in [2.75, 3.05) is 7.11 Å². The largest absolute Gasteiger partial charge is 0.493 e. The van der Waals surface area contributed by atoms with Crippen LogP contribution in [0, 0.1) is 24.0 Å². The molecule has 1 heterocycles. The van der Waals surface area contributed by atoms with Crippen LogP contribution >= 0.6 is 0 Å². The predicted molar refractivity (Wildman–Crippen MR) is 128 cm³/mol. The Bertz CT molecular complexity index is 1410. The number of cyclic esters (lactones) is 1. The van der Waals surface area contributed by atoms with Crippen molar-refractivity contribution in [2.24, 2.45) is 4.99 Å². The normalized spacial score (nSPS) is 13.9. The fourth-order valence-electron chi connectivity index (χ4n) is 3.34. The van der Waals surface area contributed by atoms with Crippen LogP contribution in [0.1, 0.15) is 32.6 Å². The number of benzene rings is 3. The fraction of sp³-hybridized carbons (Fsp3) is 0.115. The number of nitro groups is 1. The molecule has 0 saturated carbocycles. The van der Waals surface area contributed by atoms with Crippen molar-refractivity contribution in [3.8, 4) is 11.5 Å². The van der Waals surface area contributed by atoms with Crippen molar-refractivity contribution in [3.63, 3.8) is 0 Å². The topological polar surface area (TPSA) is 117 Å². The highest BCUT2D eigenvalue weighted by atomic mass is 16.6. The van der Waals surface area contributed by atoms with E-state index in [-0.39, 0.29) is 28.8 Å². The molecule has 0 atom stereocenters. The molecule has 176 valence electrons. The SMILES string of the molecule is COc1cc(/C=C2\N=C(c3ccc(C)c([N+](=O)[O-])c3)OC2=O)ccc1OC(=O)c1ccc(C)cc1. The van der Waals surface area contributed by atoms with Gasteiger partial charge in [-0.25, -0.2) is 14.6 Å². The van der Waals surface area contributed by atoms with Crippen molar-refractivity contribution >= 4 is 29.6 Å². The maximum atomic E-state index is 12.4. The van der Waals surface area contributed by atoms with Gasteiger partial charge in [0.15, 0.2) is 17.2 Å². The van der Waals surface area contributed by atoms with E-state index in [1.807, 2.05) is 19.1 Å². The highest BCUT2D eigenvalue weighted by molar-refractivity contribution is 6.13. The molecule has 0 spiro atoms. The number of carbonyl (C=O) groups excluding carboxylic acids is 2. The summed E-state index contributed by atoms with van der Waals surface area (Å²) in [5, 5.41) is 11.2. The second-order valence-corrected chi connectivity index (χ2v) is 7.76. The van der Waals surface area contributed by atoms with Gasteiger partial charge in [-0.2, -0.15) is 0 Å². The number of rotatable bonds is 6. The second-order valence-electron chi connectivity index (χ2n) is 7.76. The van der Waals surface area contributed by atoms with Crippen molar-refractivity contribution in [1.82, 2.24) is 0 Å². The Balaban J connectivity index is 1.58. The van der Waals surface area contributed by atoms with Gasteiger partial charge >= 0.3 is 11.9 Å². The average Bonchev–Trinajstić information content (AvgIpc) is 3.20. The van der Waals surface area contributed by atoms with Crippen molar-refractivity contribution in [2.45, 2.75) is 13.8 Å². The second kappa shape index (κ2) is 9.60. The van der Waals surface area contributed by atoms with Gasteiger partial charge in [0.2, 0.25) is 5.90 Å². The van der Waals surface area contributed by atoms with Crippen LogP contribution in [0.4, 0.5) is 5.69 Å². The Kier molecular flexibility index (Phi) is 6.41. The molecule has 0 radical (unpaired) electrons. The van der Waals surface area contributed by atoms with Crippen LogP contribution in [0.15, 0.2) is 71.4 Å². The van der Waals surface area contributed by atoms with Crippen LogP contribution in [0.25, 0.3) is 6.08 Å². The Hall–Kier alpha value is -4.79. The van der Waals surface area contributed by atoms with E-state index in [0.717, 1.165) is 5.56 Å². The molecular weight excluding hydrogens is 452 g/mol. The molecule has 3 aromatic rings. The lowest BCUT2D eigenvalue weighted by molar-refractivity contribution is -0.385. The van der Waals surface area contributed by atoms with E-state index in [4.69, 9.17) is 14.2 Å². The quantitative estimate of drug-likeness (QED) is 0.166. The first-order valence-corrected chi connectivity index (χ1v) is 10.5. The summed E-state index contributed by atoms with van der Waals surface area (Å²) in [4.78, 5) is 39.7. The summed E-state index contributed by atoms with van der Waals surface area (Å²) < 4.78 is 16.0. The Morgan fingerprint density at radius 3 is 2.46 bits per heavy atom. The average molecular weight is 472 g/mol. The number of nitrogens with zero attached hydrogens (tertiary/aromatic N) is 2. The molecule has 9 nitrogen and oxygen atoms in total.